The van der Waals surface area contributed by atoms with Gasteiger partial charge in [-0.25, -0.2) is 13.1 Å². The van der Waals surface area contributed by atoms with Gasteiger partial charge in [-0.1, -0.05) is 23.2 Å². The summed E-state index contributed by atoms with van der Waals surface area (Å²) < 4.78 is 27.3. The van der Waals surface area contributed by atoms with E-state index in [-0.39, 0.29) is 14.6 Å². The molecule has 0 radical (unpaired) electrons. The minimum Gasteiger partial charge on any atom is -0.211 e. The number of sulfonamides is 1. The minimum atomic E-state index is -3.58. The van der Waals surface area contributed by atoms with E-state index in [1.54, 1.807) is 0 Å². The number of rotatable bonds is 6. The minimum absolute atomic E-state index is 0.0428. The van der Waals surface area contributed by atoms with Gasteiger partial charge in [-0.15, -0.1) is 22.9 Å². The van der Waals surface area contributed by atoms with Crippen molar-refractivity contribution >= 4 is 56.2 Å². The molecule has 102 valence electrons. The number of alkyl halides is 1. The fourth-order valence-corrected chi connectivity index (χ4v) is 5.43. The summed E-state index contributed by atoms with van der Waals surface area (Å²) in [5.41, 5.74) is 0.0428. The van der Waals surface area contributed by atoms with Crippen LogP contribution in [-0.2, 0) is 10.0 Å². The Morgan fingerprint density at radius 2 is 2.06 bits per heavy atom. The molecule has 0 aromatic carbocycles. The molecule has 1 aromatic heterocycles. The highest BCUT2D eigenvalue weighted by molar-refractivity contribution is 7.89. The van der Waals surface area contributed by atoms with Crippen molar-refractivity contribution in [3.63, 3.8) is 0 Å². The van der Waals surface area contributed by atoms with E-state index in [0.29, 0.717) is 16.8 Å². The van der Waals surface area contributed by atoms with Crippen molar-refractivity contribution in [1.29, 1.82) is 0 Å². The summed E-state index contributed by atoms with van der Waals surface area (Å²) in [6.07, 6.45) is 2.86. The van der Waals surface area contributed by atoms with Crippen LogP contribution in [0.3, 0.4) is 0 Å². The number of hydrogen-bond acceptors (Lipinski definition) is 3. The molecule has 0 amide bonds. The maximum Gasteiger partial charge on any atom is 0.242 e. The Morgan fingerprint density at radius 3 is 2.50 bits per heavy atom. The van der Waals surface area contributed by atoms with E-state index in [1.807, 2.05) is 0 Å². The summed E-state index contributed by atoms with van der Waals surface area (Å²) >= 11 is 18.4. The van der Waals surface area contributed by atoms with Gasteiger partial charge in [0.25, 0.3) is 0 Å². The third-order valence-electron chi connectivity index (χ3n) is 3.13. The highest BCUT2D eigenvalue weighted by Crippen LogP contribution is 2.48. The average molecular weight is 349 g/mol. The fraction of sp³-hybridized carbons (Fsp3) is 0.600. The molecule has 8 heteroatoms. The fourth-order valence-electron chi connectivity index (χ4n) is 1.73. The van der Waals surface area contributed by atoms with E-state index in [2.05, 4.69) is 4.72 Å². The quantitative estimate of drug-likeness (QED) is 0.796. The molecule has 1 N–H and O–H groups in total. The van der Waals surface area contributed by atoms with Gasteiger partial charge in [0.05, 0.1) is 4.34 Å². The van der Waals surface area contributed by atoms with Crippen LogP contribution in [0.2, 0.25) is 8.67 Å². The largest absolute Gasteiger partial charge is 0.242 e. The Labute approximate surface area is 125 Å². The summed E-state index contributed by atoms with van der Waals surface area (Å²) in [4.78, 5) is 0.0563. The molecular weight excluding hydrogens is 337 g/mol. The Morgan fingerprint density at radius 1 is 1.39 bits per heavy atom. The molecule has 0 bridgehead atoms. The van der Waals surface area contributed by atoms with E-state index in [9.17, 15) is 8.42 Å². The molecule has 1 fully saturated rings. The first-order chi connectivity index (χ1) is 8.38. The van der Waals surface area contributed by atoms with E-state index >= 15 is 0 Å². The summed E-state index contributed by atoms with van der Waals surface area (Å²) in [6, 6.07) is 1.37. The maximum atomic E-state index is 12.1. The van der Waals surface area contributed by atoms with Crippen LogP contribution in [0.15, 0.2) is 11.0 Å². The van der Waals surface area contributed by atoms with E-state index in [1.165, 1.54) is 6.07 Å². The van der Waals surface area contributed by atoms with Crippen molar-refractivity contribution in [3.8, 4) is 0 Å². The van der Waals surface area contributed by atoms with Crippen molar-refractivity contribution in [3.05, 3.63) is 14.7 Å². The molecule has 0 saturated heterocycles. The highest BCUT2D eigenvalue weighted by Gasteiger charge is 2.42. The lowest BCUT2D eigenvalue weighted by Gasteiger charge is -2.14. The predicted molar refractivity (Wildman–Crippen MR) is 76.5 cm³/mol. The Hall–Kier alpha value is 0.480. The lowest BCUT2D eigenvalue weighted by atomic mass is 10.1. The molecule has 0 atom stereocenters. The number of halogens is 3. The lowest BCUT2D eigenvalue weighted by molar-refractivity contribution is 0.478. The van der Waals surface area contributed by atoms with E-state index in [0.717, 1.165) is 30.6 Å². The van der Waals surface area contributed by atoms with Gasteiger partial charge in [0, 0.05) is 12.4 Å². The SMILES string of the molecule is O=S(=O)(NCC1(CCCl)CC1)c1cc(Cl)sc1Cl. The number of thiophene rings is 1. The second kappa shape index (κ2) is 5.46. The number of nitrogens with one attached hydrogen (secondary N) is 1. The van der Waals surface area contributed by atoms with E-state index in [4.69, 9.17) is 34.8 Å². The van der Waals surface area contributed by atoms with Gasteiger partial charge in [0.2, 0.25) is 10.0 Å². The zero-order valence-corrected chi connectivity index (χ0v) is 13.3. The predicted octanol–water partition coefficient (Wildman–Crippen LogP) is 3.74. The van der Waals surface area contributed by atoms with Gasteiger partial charge >= 0.3 is 0 Å². The molecule has 1 aromatic rings. The first-order valence-corrected chi connectivity index (χ1v) is 8.98. The van der Waals surface area contributed by atoms with Crippen molar-refractivity contribution in [1.82, 2.24) is 4.72 Å². The van der Waals surface area contributed by atoms with E-state index < -0.39 is 10.0 Å². The van der Waals surface area contributed by atoms with Crippen LogP contribution in [0.25, 0.3) is 0 Å². The summed E-state index contributed by atoms with van der Waals surface area (Å²) in [7, 11) is -3.58. The summed E-state index contributed by atoms with van der Waals surface area (Å²) in [6.45, 7) is 0.409. The zero-order valence-electron chi connectivity index (χ0n) is 9.38. The molecular formula is C10H12Cl3NO2S2. The topological polar surface area (TPSA) is 46.2 Å². The van der Waals surface area contributed by atoms with Crippen molar-refractivity contribution in [2.45, 2.75) is 24.2 Å². The standard InChI is InChI=1S/C10H12Cl3NO2S2/c11-4-3-10(1-2-10)6-14-18(15,16)7-5-8(12)17-9(7)13/h5,14H,1-4,6H2. The zero-order chi connectivity index (χ0) is 13.4. The van der Waals surface area contributed by atoms with Crippen LogP contribution >= 0.6 is 46.1 Å². The monoisotopic (exact) mass is 347 g/mol. The van der Waals surface area contributed by atoms with Crippen LogP contribution in [0.1, 0.15) is 19.3 Å². The van der Waals surface area contributed by atoms with Gasteiger partial charge in [-0.05, 0) is 30.7 Å². The molecule has 0 spiro atoms. The Kier molecular flexibility index (Phi) is 4.52. The molecule has 1 aliphatic carbocycles. The molecule has 1 heterocycles. The highest BCUT2D eigenvalue weighted by atomic mass is 35.5. The third-order valence-corrected chi connectivity index (χ3v) is 6.48. The van der Waals surface area contributed by atoms with Crippen LogP contribution in [-0.4, -0.2) is 20.8 Å². The summed E-state index contributed by atoms with van der Waals surface area (Å²) in [5.74, 6) is 0.548. The average Bonchev–Trinajstić information content (AvgIpc) is 2.96. The second-order valence-electron chi connectivity index (χ2n) is 4.45. The Bertz CT molecular complexity index is 537. The van der Waals surface area contributed by atoms with Crippen LogP contribution in [0.5, 0.6) is 0 Å². The van der Waals surface area contributed by atoms with Gasteiger partial charge < -0.3 is 0 Å². The first-order valence-electron chi connectivity index (χ1n) is 5.39. The molecule has 0 unspecified atom stereocenters. The van der Waals surface area contributed by atoms with Crippen LogP contribution in [0.4, 0.5) is 0 Å². The molecule has 1 saturated carbocycles. The number of hydrogen-bond donors (Lipinski definition) is 1. The second-order valence-corrected chi connectivity index (χ2v) is 8.85. The van der Waals surface area contributed by atoms with Crippen LogP contribution < -0.4 is 4.72 Å². The first kappa shape index (κ1) is 14.9. The van der Waals surface area contributed by atoms with Gasteiger partial charge in [0.1, 0.15) is 9.23 Å². The van der Waals surface area contributed by atoms with Gasteiger partial charge in [0.15, 0.2) is 0 Å². The molecule has 3 nitrogen and oxygen atoms in total. The molecule has 1 aliphatic rings. The third kappa shape index (κ3) is 3.32. The van der Waals surface area contributed by atoms with Crippen molar-refractivity contribution in [2.75, 3.05) is 12.4 Å². The molecule has 18 heavy (non-hydrogen) atoms. The normalized spacial score (nSPS) is 17.9. The Balaban J connectivity index is 2.06. The van der Waals surface area contributed by atoms with Gasteiger partial charge in [-0.3, -0.25) is 0 Å². The van der Waals surface area contributed by atoms with Crippen LogP contribution in [0, 0.1) is 5.41 Å². The smallest absolute Gasteiger partial charge is 0.211 e. The molecule has 2 rings (SSSR count). The molecule has 0 aliphatic heterocycles. The lowest BCUT2D eigenvalue weighted by Crippen LogP contribution is -2.30. The van der Waals surface area contributed by atoms with Crippen molar-refractivity contribution in [2.24, 2.45) is 5.41 Å². The van der Waals surface area contributed by atoms with Gasteiger partial charge in [-0.2, -0.15) is 0 Å². The maximum absolute atomic E-state index is 12.1. The summed E-state index contributed by atoms with van der Waals surface area (Å²) in [5, 5.41) is 0. The van der Waals surface area contributed by atoms with Crippen molar-refractivity contribution < 1.29 is 8.42 Å².